The number of amides is 3. The average Bonchev–Trinajstić information content (AvgIpc) is 3.11. The van der Waals surface area contributed by atoms with Crippen molar-refractivity contribution in [1.29, 1.82) is 0 Å². The molecule has 3 fully saturated rings. The number of fused-ring (bicyclic) bond motifs is 2. The molecule has 0 radical (unpaired) electrons. The molecule has 1 spiro atoms. The molecule has 1 N–H and O–H groups in total. The second kappa shape index (κ2) is 9.58. The summed E-state index contributed by atoms with van der Waals surface area (Å²) >= 11 is 1.65. The summed E-state index contributed by atoms with van der Waals surface area (Å²) in [5.74, 6) is -1.15. The van der Waals surface area contributed by atoms with Crippen LogP contribution in [0.5, 0.6) is 0 Å². The van der Waals surface area contributed by atoms with Crippen LogP contribution >= 0.6 is 11.8 Å². The van der Waals surface area contributed by atoms with Crippen molar-refractivity contribution in [2.75, 3.05) is 32.8 Å². The summed E-state index contributed by atoms with van der Waals surface area (Å²) < 4.78 is -1.33. The number of carbonyl (C=O) groups is 3. The lowest BCUT2D eigenvalue weighted by molar-refractivity contribution is -0.145. The van der Waals surface area contributed by atoms with Crippen molar-refractivity contribution in [2.24, 2.45) is 11.8 Å². The Hall–Kier alpha value is -1.80. The second-order valence-corrected chi connectivity index (χ2v) is 12.8. The van der Waals surface area contributed by atoms with Gasteiger partial charge in [0.15, 0.2) is 0 Å². The van der Waals surface area contributed by atoms with E-state index in [1.807, 2.05) is 9.80 Å². The van der Waals surface area contributed by atoms with E-state index in [-0.39, 0.29) is 30.4 Å². The van der Waals surface area contributed by atoms with E-state index in [2.05, 4.69) is 38.2 Å². The minimum atomic E-state index is -0.776. The SMILES string of the molecule is CCCN1CC=C[C@]2(C)S[C@]34C=CCN(C5CCCCC5)C(=O)C3N(CCCO)C(=O)[C@@H]4[C@@H]2C1=O. The summed E-state index contributed by atoms with van der Waals surface area (Å²) in [6, 6.07) is -0.430. The lowest BCUT2D eigenvalue weighted by Crippen LogP contribution is -2.55. The molecule has 1 saturated carbocycles. The third-order valence-electron chi connectivity index (χ3n) is 8.74. The first-order valence-electron chi connectivity index (χ1n) is 13.4. The standard InChI is InChI=1S/C27H39N3O4S/c1-3-14-28-15-7-12-26(2)20(23(28)32)21-24(33)30(17-9-18-31)22-25(34)29(19-10-5-4-6-11-19)16-8-13-27(21,22)35-26/h7-8,12-13,19-22,31H,3-6,9-11,14-18H2,1-2H3/t20-,21+,22?,26+,27+/m1/s1. The largest absolute Gasteiger partial charge is 0.396 e. The minimum Gasteiger partial charge on any atom is -0.396 e. The van der Waals surface area contributed by atoms with Crippen molar-refractivity contribution in [3.63, 3.8) is 0 Å². The summed E-state index contributed by atoms with van der Waals surface area (Å²) in [5.41, 5.74) is 0. The zero-order chi connectivity index (χ0) is 24.8. The molecular weight excluding hydrogens is 462 g/mol. The molecule has 0 aromatic carbocycles. The molecule has 0 bridgehead atoms. The van der Waals surface area contributed by atoms with Crippen molar-refractivity contribution < 1.29 is 19.5 Å². The van der Waals surface area contributed by atoms with Crippen LogP contribution in [0.15, 0.2) is 24.3 Å². The van der Waals surface area contributed by atoms with Gasteiger partial charge < -0.3 is 19.8 Å². The summed E-state index contributed by atoms with van der Waals surface area (Å²) in [6.07, 6.45) is 15.2. The molecule has 0 aromatic rings. The summed E-state index contributed by atoms with van der Waals surface area (Å²) in [7, 11) is 0. The maximum Gasteiger partial charge on any atom is 0.247 e. The first-order valence-corrected chi connectivity index (χ1v) is 14.3. The Bertz CT molecular complexity index is 931. The number of nitrogens with zero attached hydrogens (tertiary/aromatic N) is 3. The van der Waals surface area contributed by atoms with Crippen LogP contribution in [0.2, 0.25) is 0 Å². The first-order chi connectivity index (χ1) is 16.9. The van der Waals surface area contributed by atoms with E-state index in [0.717, 1.165) is 32.1 Å². The van der Waals surface area contributed by atoms with E-state index in [0.29, 0.717) is 32.6 Å². The molecule has 8 heteroatoms. The Labute approximate surface area is 213 Å². The summed E-state index contributed by atoms with van der Waals surface area (Å²) in [5, 5.41) is 9.57. The molecule has 0 aromatic heterocycles. The lowest BCUT2D eigenvalue weighted by atomic mass is 9.74. The van der Waals surface area contributed by atoms with Gasteiger partial charge in [-0.2, -0.15) is 0 Å². The van der Waals surface area contributed by atoms with Crippen LogP contribution in [-0.4, -0.2) is 91.9 Å². The Morgan fingerprint density at radius 1 is 0.971 bits per heavy atom. The van der Waals surface area contributed by atoms with Crippen molar-refractivity contribution in [1.82, 2.24) is 14.7 Å². The number of likely N-dealkylation sites (tertiary alicyclic amines) is 1. The van der Waals surface area contributed by atoms with Gasteiger partial charge in [-0.25, -0.2) is 0 Å². The van der Waals surface area contributed by atoms with Gasteiger partial charge in [0.05, 0.1) is 16.6 Å². The van der Waals surface area contributed by atoms with Gasteiger partial charge in [0.2, 0.25) is 17.7 Å². The molecule has 1 aliphatic carbocycles. The zero-order valence-electron chi connectivity index (χ0n) is 21.0. The van der Waals surface area contributed by atoms with E-state index in [1.165, 1.54) is 6.42 Å². The van der Waals surface area contributed by atoms with Crippen LogP contribution in [0, 0.1) is 11.8 Å². The summed E-state index contributed by atoms with van der Waals surface area (Å²) in [4.78, 5) is 48.0. The molecule has 5 rings (SSSR count). The fraction of sp³-hybridized carbons (Fsp3) is 0.741. The Morgan fingerprint density at radius 3 is 2.43 bits per heavy atom. The number of hydrogen-bond acceptors (Lipinski definition) is 5. The van der Waals surface area contributed by atoms with Crippen LogP contribution in [0.25, 0.3) is 0 Å². The van der Waals surface area contributed by atoms with E-state index >= 15 is 0 Å². The molecule has 3 amide bonds. The third kappa shape index (κ3) is 3.86. The van der Waals surface area contributed by atoms with Crippen molar-refractivity contribution in [2.45, 2.75) is 80.4 Å². The van der Waals surface area contributed by atoms with Gasteiger partial charge in [-0.1, -0.05) is 50.5 Å². The lowest BCUT2D eigenvalue weighted by Gasteiger charge is -2.40. The number of aliphatic hydroxyl groups is 1. The van der Waals surface area contributed by atoms with Crippen molar-refractivity contribution in [3.05, 3.63) is 24.3 Å². The molecule has 35 heavy (non-hydrogen) atoms. The van der Waals surface area contributed by atoms with Gasteiger partial charge in [-0.3, -0.25) is 14.4 Å². The quantitative estimate of drug-likeness (QED) is 0.566. The molecule has 7 nitrogen and oxygen atoms in total. The van der Waals surface area contributed by atoms with Gasteiger partial charge in [0.25, 0.3) is 0 Å². The van der Waals surface area contributed by atoms with Gasteiger partial charge in [0, 0.05) is 43.6 Å². The molecule has 5 aliphatic rings. The normalized spacial score (nSPS) is 37.4. The fourth-order valence-electron chi connectivity index (χ4n) is 7.26. The molecule has 1 unspecified atom stereocenters. The van der Waals surface area contributed by atoms with E-state index in [4.69, 9.17) is 0 Å². The molecular formula is C27H39N3O4S. The van der Waals surface area contributed by atoms with E-state index in [1.54, 1.807) is 16.7 Å². The third-order valence-corrected chi connectivity index (χ3v) is 10.5. The van der Waals surface area contributed by atoms with Crippen LogP contribution in [0.1, 0.15) is 58.8 Å². The van der Waals surface area contributed by atoms with Gasteiger partial charge in [-0.05, 0) is 32.6 Å². The number of rotatable bonds is 6. The maximum atomic E-state index is 14.3. The molecule has 192 valence electrons. The Morgan fingerprint density at radius 2 is 1.71 bits per heavy atom. The van der Waals surface area contributed by atoms with Gasteiger partial charge >= 0.3 is 0 Å². The molecule has 4 heterocycles. The van der Waals surface area contributed by atoms with Gasteiger partial charge in [-0.15, -0.1) is 11.8 Å². The predicted molar refractivity (Wildman–Crippen MR) is 137 cm³/mol. The van der Waals surface area contributed by atoms with Crippen LogP contribution < -0.4 is 0 Å². The van der Waals surface area contributed by atoms with Crippen molar-refractivity contribution >= 4 is 29.5 Å². The number of hydrogen-bond donors (Lipinski definition) is 1. The summed E-state index contributed by atoms with van der Waals surface area (Å²) in [6.45, 7) is 6.22. The fourth-order valence-corrected chi connectivity index (χ4v) is 9.42. The smallest absolute Gasteiger partial charge is 0.247 e. The highest BCUT2D eigenvalue weighted by Gasteiger charge is 2.73. The maximum absolute atomic E-state index is 14.3. The predicted octanol–water partition coefficient (Wildman–Crippen LogP) is 2.60. The van der Waals surface area contributed by atoms with E-state index in [9.17, 15) is 19.5 Å². The first kappa shape index (κ1) is 24.9. The number of thioether (sulfide) groups is 1. The van der Waals surface area contributed by atoms with Crippen LogP contribution in [-0.2, 0) is 14.4 Å². The highest BCUT2D eigenvalue weighted by atomic mass is 32.2. The number of aliphatic hydroxyl groups excluding tert-OH is 1. The molecule has 4 aliphatic heterocycles. The minimum absolute atomic E-state index is 0.0186. The monoisotopic (exact) mass is 501 g/mol. The molecule has 5 atom stereocenters. The van der Waals surface area contributed by atoms with Gasteiger partial charge in [0.1, 0.15) is 6.04 Å². The molecule has 2 saturated heterocycles. The second-order valence-electron chi connectivity index (χ2n) is 11.0. The highest BCUT2D eigenvalue weighted by molar-refractivity contribution is 8.02. The Balaban J connectivity index is 1.59. The Kier molecular flexibility index (Phi) is 6.81. The number of carbonyl (C=O) groups excluding carboxylic acids is 3. The topological polar surface area (TPSA) is 81.2 Å². The van der Waals surface area contributed by atoms with Crippen LogP contribution in [0.3, 0.4) is 0 Å². The van der Waals surface area contributed by atoms with Crippen LogP contribution in [0.4, 0.5) is 0 Å². The zero-order valence-corrected chi connectivity index (χ0v) is 21.8. The van der Waals surface area contributed by atoms with E-state index < -0.39 is 27.4 Å². The highest BCUT2D eigenvalue weighted by Crippen LogP contribution is 2.65. The average molecular weight is 502 g/mol. The van der Waals surface area contributed by atoms with Crippen molar-refractivity contribution in [3.8, 4) is 0 Å².